The van der Waals surface area contributed by atoms with Gasteiger partial charge < -0.3 is 9.88 Å². The Bertz CT molecular complexity index is 751. The highest BCUT2D eigenvalue weighted by atomic mass is 16.2. The van der Waals surface area contributed by atoms with E-state index in [4.69, 9.17) is 0 Å². The Hall–Kier alpha value is -1.89. The molecule has 0 fully saturated rings. The van der Waals surface area contributed by atoms with Crippen LogP contribution in [0, 0.1) is 5.92 Å². The monoisotopic (exact) mass is 279 g/mol. The van der Waals surface area contributed by atoms with Crippen LogP contribution in [0.5, 0.6) is 0 Å². The molecule has 0 spiro atoms. The fourth-order valence-electron chi connectivity index (χ4n) is 2.35. The van der Waals surface area contributed by atoms with Crippen LogP contribution in [0.3, 0.4) is 0 Å². The van der Waals surface area contributed by atoms with Gasteiger partial charge in [0.2, 0.25) is 0 Å². The van der Waals surface area contributed by atoms with E-state index in [1.807, 2.05) is 11.6 Å². The number of aromatic nitrogens is 4. The molecule has 1 N–H and O–H groups in total. The first kappa shape index (κ1) is 14.5. The summed E-state index contributed by atoms with van der Waals surface area (Å²) in [6, 6.07) is 0. The van der Waals surface area contributed by atoms with E-state index in [1.54, 1.807) is 7.05 Å². The number of rotatable bonds is 4. The summed E-state index contributed by atoms with van der Waals surface area (Å²) in [6.45, 7) is 5.42. The van der Waals surface area contributed by atoms with Crippen LogP contribution >= 0.6 is 0 Å². The molecule has 0 bridgehead atoms. The molecule has 2 heterocycles. The molecule has 2 aromatic heterocycles. The second-order valence-corrected chi connectivity index (χ2v) is 5.44. The van der Waals surface area contributed by atoms with E-state index in [0.29, 0.717) is 30.2 Å². The lowest BCUT2D eigenvalue weighted by Crippen LogP contribution is -2.37. The summed E-state index contributed by atoms with van der Waals surface area (Å²) in [6.07, 6.45) is 0. The summed E-state index contributed by atoms with van der Waals surface area (Å²) in [5.74, 6) is 1.15. The van der Waals surface area contributed by atoms with Crippen molar-refractivity contribution in [1.82, 2.24) is 24.0 Å². The highest BCUT2D eigenvalue weighted by Crippen LogP contribution is 2.13. The number of hydrogen-bond acceptors (Lipinski definition) is 4. The molecule has 0 aliphatic rings. The van der Waals surface area contributed by atoms with Gasteiger partial charge in [-0.3, -0.25) is 13.9 Å². The SMILES string of the molecule is CNCc1nc2c(c(=O)n(C)c(=O)n2C)n1CC(C)C. The topological polar surface area (TPSA) is 73.8 Å². The molecule has 7 nitrogen and oxygen atoms in total. The number of imidazole rings is 1. The minimum absolute atomic E-state index is 0.293. The van der Waals surface area contributed by atoms with E-state index >= 15 is 0 Å². The first-order chi connectivity index (χ1) is 9.38. The van der Waals surface area contributed by atoms with Gasteiger partial charge in [-0.2, -0.15) is 0 Å². The first-order valence-electron chi connectivity index (χ1n) is 6.68. The summed E-state index contributed by atoms with van der Waals surface area (Å²) in [7, 11) is 4.96. The fraction of sp³-hybridized carbons (Fsp3) is 0.615. The molecule has 0 saturated carbocycles. The van der Waals surface area contributed by atoms with Gasteiger partial charge in [0.05, 0.1) is 6.54 Å². The maximum Gasteiger partial charge on any atom is 0.332 e. The van der Waals surface area contributed by atoms with Gasteiger partial charge >= 0.3 is 5.69 Å². The Morgan fingerprint density at radius 2 is 1.85 bits per heavy atom. The molecular weight excluding hydrogens is 258 g/mol. The van der Waals surface area contributed by atoms with Crippen LogP contribution in [0.1, 0.15) is 19.7 Å². The predicted molar refractivity (Wildman–Crippen MR) is 77.8 cm³/mol. The lowest BCUT2D eigenvalue weighted by Gasteiger charge is -2.11. The molecule has 0 radical (unpaired) electrons. The van der Waals surface area contributed by atoms with Crippen molar-refractivity contribution in [2.45, 2.75) is 26.9 Å². The Balaban J connectivity index is 2.89. The fourth-order valence-corrected chi connectivity index (χ4v) is 2.35. The van der Waals surface area contributed by atoms with E-state index in [0.717, 1.165) is 10.4 Å². The molecule has 0 atom stereocenters. The second-order valence-electron chi connectivity index (χ2n) is 5.44. The normalized spacial score (nSPS) is 11.7. The lowest BCUT2D eigenvalue weighted by molar-refractivity contribution is 0.509. The van der Waals surface area contributed by atoms with Gasteiger partial charge in [-0.25, -0.2) is 9.78 Å². The zero-order valence-corrected chi connectivity index (χ0v) is 12.6. The van der Waals surface area contributed by atoms with Gasteiger partial charge in [-0.1, -0.05) is 13.8 Å². The molecule has 0 aliphatic heterocycles. The van der Waals surface area contributed by atoms with E-state index in [2.05, 4.69) is 24.1 Å². The molecule has 0 amide bonds. The van der Waals surface area contributed by atoms with Gasteiger partial charge in [-0.15, -0.1) is 0 Å². The number of aryl methyl sites for hydroxylation is 1. The number of nitrogens with one attached hydrogen (secondary N) is 1. The van der Waals surface area contributed by atoms with Crippen LogP contribution in [-0.2, 0) is 27.2 Å². The van der Waals surface area contributed by atoms with Gasteiger partial charge in [0.1, 0.15) is 5.82 Å². The van der Waals surface area contributed by atoms with Gasteiger partial charge in [-0.05, 0) is 13.0 Å². The lowest BCUT2D eigenvalue weighted by atomic mass is 10.2. The number of hydrogen-bond donors (Lipinski definition) is 1. The maximum absolute atomic E-state index is 12.4. The second kappa shape index (κ2) is 5.24. The van der Waals surface area contributed by atoms with E-state index < -0.39 is 0 Å². The maximum atomic E-state index is 12.4. The largest absolute Gasteiger partial charge is 0.332 e. The molecule has 2 aromatic rings. The average Bonchev–Trinajstić information content (AvgIpc) is 2.73. The summed E-state index contributed by atoms with van der Waals surface area (Å²) in [5, 5.41) is 3.05. The van der Waals surface area contributed by atoms with Crippen molar-refractivity contribution in [2.75, 3.05) is 7.05 Å². The molecule has 2 rings (SSSR count). The molecule has 0 unspecified atom stereocenters. The van der Waals surface area contributed by atoms with Crippen molar-refractivity contribution in [3.8, 4) is 0 Å². The van der Waals surface area contributed by atoms with Crippen molar-refractivity contribution < 1.29 is 0 Å². The Morgan fingerprint density at radius 3 is 2.40 bits per heavy atom. The van der Waals surface area contributed by atoms with E-state index in [9.17, 15) is 9.59 Å². The van der Waals surface area contributed by atoms with E-state index in [1.165, 1.54) is 11.6 Å². The summed E-state index contributed by atoms with van der Waals surface area (Å²) >= 11 is 0. The van der Waals surface area contributed by atoms with Crippen molar-refractivity contribution in [3.63, 3.8) is 0 Å². The molecule has 20 heavy (non-hydrogen) atoms. The standard InChI is InChI=1S/C13H21N5O2/c1-8(2)7-18-9(6-14-3)15-11-10(18)12(19)17(5)13(20)16(11)4/h8,14H,6-7H2,1-5H3. The number of nitrogens with zero attached hydrogens (tertiary/aromatic N) is 4. The van der Waals surface area contributed by atoms with Crippen LogP contribution in [-0.4, -0.2) is 25.7 Å². The van der Waals surface area contributed by atoms with Crippen molar-refractivity contribution in [3.05, 3.63) is 26.7 Å². The van der Waals surface area contributed by atoms with Gasteiger partial charge in [0.15, 0.2) is 11.2 Å². The first-order valence-corrected chi connectivity index (χ1v) is 6.68. The van der Waals surface area contributed by atoms with Crippen molar-refractivity contribution in [1.29, 1.82) is 0 Å². The Kier molecular flexibility index (Phi) is 3.80. The van der Waals surface area contributed by atoms with Crippen LogP contribution in [0.2, 0.25) is 0 Å². The minimum atomic E-state index is -0.354. The summed E-state index contributed by atoms with van der Waals surface area (Å²) in [4.78, 5) is 28.8. The van der Waals surface area contributed by atoms with Gasteiger partial charge in [0, 0.05) is 20.6 Å². The third-order valence-electron chi connectivity index (χ3n) is 3.31. The Labute approximate surface area is 116 Å². The zero-order chi connectivity index (χ0) is 15.0. The molecule has 0 aliphatic carbocycles. The van der Waals surface area contributed by atoms with Crippen molar-refractivity contribution >= 4 is 11.2 Å². The average molecular weight is 279 g/mol. The van der Waals surface area contributed by atoms with Crippen LogP contribution in [0.15, 0.2) is 9.59 Å². The number of fused-ring (bicyclic) bond motifs is 1. The molecule has 110 valence electrons. The third-order valence-corrected chi connectivity index (χ3v) is 3.31. The van der Waals surface area contributed by atoms with Crippen LogP contribution in [0.4, 0.5) is 0 Å². The highest BCUT2D eigenvalue weighted by Gasteiger charge is 2.18. The minimum Gasteiger partial charge on any atom is -0.321 e. The van der Waals surface area contributed by atoms with Gasteiger partial charge in [0.25, 0.3) is 5.56 Å². The molecule has 0 aromatic carbocycles. The zero-order valence-electron chi connectivity index (χ0n) is 12.6. The van der Waals surface area contributed by atoms with Crippen LogP contribution < -0.4 is 16.6 Å². The molecule has 7 heteroatoms. The summed E-state index contributed by atoms with van der Waals surface area (Å²) in [5.41, 5.74) is 0.295. The van der Waals surface area contributed by atoms with Crippen LogP contribution in [0.25, 0.3) is 11.2 Å². The molecule has 0 saturated heterocycles. The van der Waals surface area contributed by atoms with Crippen molar-refractivity contribution in [2.24, 2.45) is 20.0 Å². The Morgan fingerprint density at radius 1 is 1.20 bits per heavy atom. The quantitative estimate of drug-likeness (QED) is 0.842. The predicted octanol–water partition coefficient (Wildman–Crippen LogP) is -0.191. The smallest absolute Gasteiger partial charge is 0.321 e. The third kappa shape index (κ3) is 2.18. The van der Waals surface area contributed by atoms with E-state index in [-0.39, 0.29) is 11.2 Å². The molecular formula is C13H21N5O2. The summed E-state index contributed by atoms with van der Waals surface area (Å²) < 4.78 is 4.47. The highest BCUT2D eigenvalue weighted by molar-refractivity contribution is 5.71.